The number of methoxy groups -OCH3 is 1. The van der Waals surface area contributed by atoms with Gasteiger partial charge in [-0.15, -0.1) is 0 Å². The minimum absolute atomic E-state index is 0.381. The summed E-state index contributed by atoms with van der Waals surface area (Å²) in [6.45, 7) is 1.85. The lowest BCUT2D eigenvalue weighted by Gasteiger charge is -2.15. The molecule has 0 aromatic heterocycles. The molecular weight excluding hydrogens is 214 g/mol. The third-order valence-corrected chi connectivity index (χ3v) is 2.35. The number of nitrogens with zero attached hydrogens (tertiary/aromatic N) is 3. The summed E-state index contributed by atoms with van der Waals surface area (Å²) in [5.41, 5.74) is 1.60. The van der Waals surface area contributed by atoms with Crippen molar-refractivity contribution in [2.24, 2.45) is 5.10 Å². The normalized spacial score (nSPS) is 12.8. The van der Waals surface area contributed by atoms with Crippen LogP contribution < -0.4 is 4.74 Å². The quantitative estimate of drug-likeness (QED) is 0.590. The number of para-hydroxylation sites is 1. The Morgan fingerprint density at radius 2 is 2.06 bits per heavy atom. The molecule has 17 heavy (non-hydrogen) atoms. The first-order valence-electron chi connectivity index (χ1n) is 5.35. The highest BCUT2D eigenvalue weighted by Crippen LogP contribution is 2.27. The standard InChI is InChI=1S/C13H17N3O/c1-10(15-16(2)3)12(9-14)11-7-5-6-8-13(11)17-4/h5-8,12H,1-4H3/b15-10+. The molecule has 0 aliphatic rings. The zero-order valence-electron chi connectivity index (χ0n) is 10.6. The Morgan fingerprint density at radius 3 is 2.59 bits per heavy atom. The van der Waals surface area contributed by atoms with E-state index in [9.17, 15) is 5.26 Å². The fourth-order valence-electron chi connectivity index (χ4n) is 1.67. The van der Waals surface area contributed by atoms with Crippen molar-refractivity contribution >= 4 is 5.71 Å². The molecular formula is C13H17N3O. The van der Waals surface area contributed by atoms with Gasteiger partial charge in [0.25, 0.3) is 0 Å². The molecule has 0 aliphatic carbocycles. The number of ether oxygens (including phenoxy) is 1. The number of nitriles is 1. The fourth-order valence-corrected chi connectivity index (χ4v) is 1.67. The van der Waals surface area contributed by atoms with Gasteiger partial charge in [0.1, 0.15) is 11.7 Å². The summed E-state index contributed by atoms with van der Waals surface area (Å²) >= 11 is 0. The van der Waals surface area contributed by atoms with E-state index in [2.05, 4.69) is 11.2 Å². The average molecular weight is 231 g/mol. The number of benzene rings is 1. The molecule has 0 saturated heterocycles. The van der Waals surface area contributed by atoms with E-state index in [0.29, 0.717) is 5.75 Å². The summed E-state index contributed by atoms with van der Waals surface area (Å²) < 4.78 is 5.26. The first-order chi connectivity index (χ1) is 8.10. The summed E-state index contributed by atoms with van der Waals surface area (Å²) in [5.74, 6) is 0.334. The molecule has 90 valence electrons. The van der Waals surface area contributed by atoms with Crippen molar-refractivity contribution in [1.82, 2.24) is 5.01 Å². The van der Waals surface area contributed by atoms with Crippen LogP contribution >= 0.6 is 0 Å². The summed E-state index contributed by atoms with van der Waals surface area (Å²) in [6, 6.07) is 9.78. The van der Waals surface area contributed by atoms with Gasteiger partial charge >= 0.3 is 0 Å². The smallest absolute Gasteiger partial charge is 0.123 e. The predicted molar refractivity (Wildman–Crippen MR) is 68.1 cm³/mol. The number of hydrogen-bond donors (Lipinski definition) is 0. The highest BCUT2D eigenvalue weighted by Gasteiger charge is 2.18. The van der Waals surface area contributed by atoms with Gasteiger partial charge in [-0.2, -0.15) is 10.4 Å². The third kappa shape index (κ3) is 3.22. The van der Waals surface area contributed by atoms with Crippen LogP contribution in [-0.2, 0) is 0 Å². The van der Waals surface area contributed by atoms with Gasteiger partial charge in [-0.25, -0.2) is 0 Å². The van der Waals surface area contributed by atoms with E-state index in [4.69, 9.17) is 4.74 Å². The lowest BCUT2D eigenvalue weighted by Crippen LogP contribution is -2.13. The van der Waals surface area contributed by atoms with Gasteiger partial charge in [0.2, 0.25) is 0 Å². The van der Waals surface area contributed by atoms with Gasteiger partial charge < -0.3 is 9.75 Å². The van der Waals surface area contributed by atoms with Crippen LogP contribution in [-0.4, -0.2) is 31.9 Å². The van der Waals surface area contributed by atoms with Crippen LogP contribution in [0.4, 0.5) is 0 Å². The van der Waals surface area contributed by atoms with Crippen LogP contribution in [0.1, 0.15) is 18.4 Å². The van der Waals surface area contributed by atoms with Gasteiger partial charge in [-0.3, -0.25) is 0 Å². The maximum Gasteiger partial charge on any atom is 0.123 e. The van der Waals surface area contributed by atoms with E-state index in [1.807, 2.05) is 45.3 Å². The minimum atomic E-state index is -0.381. The molecule has 1 rings (SSSR count). The largest absolute Gasteiger partial charge is 0.496 e. The fraction of sp³-hybridized carbons (Fsp3) is 0.385. The second-order valence-corrected chi connectivity index (χ2v) is 3.89. The summed E-state index contributed by atoms with van der Waals surface area (Å²) in [6.07, 6.45) is 0. The molecule has 0 amide bonds. The first kappa shape index (κ1) is 13.0. The lowest BCUT2D eigenvalue weighted by atomic mass is 9.95. The summed E-state index contributed by atoms with van der Waals surface area (Å²) in [5, 5.41) is 15.2. The van der Waals surface area contributed by atoms with Gasteiger partial charge in [0.15, 0.2) is 0 Å². The average Bonchev–Trinajstić information content (AvgIpc) is 2.29. The minimum Gasteiger partial charge on any atom is -0.496 e. The van der Waals surface area contributed by atoms with Crippen molar-refractivity contribution in [3.63, 3.8) is 0 Å². The molecule has 0 radical (unpaired) electrons. The number of hydrazone groups is 1. The molecule has 1 unspecified atom stereocenters. The Bertz CT molecular complexity index is 446. The molecule has 0 aliphatic heterocycles. The van der Waals surface area contributed by atoms with Crippen LogP contribution in [0.5, 0.6) is 5.75 Å². The number of rotatable bonds is 4. The second-order valence-electron chi connectivity index (χ2n) is 3.89. The molecule has 0 N–H and O–H groups in total. The van der Waals surface area contributed by atoms with Gasteiger partial charge in [0.05, 0.1) is 18.9 Å². The van der Waals surface area contributed by atoms with Crippen LogP contribution in [0, 0.1) is 11.3 Å². The molecule has 1 atom stereocenters. The van der Waals surface area contributed by atoms with Crippen molar-refractivity contribution in [3.8, 4) is 11.8 Å². The Hall–Kier alpha value is -2.02. The van der Waals surface area contributed by atoms with E-state index < -0.39 is 0 Å². The van der Waals surface area contributed by atoms with Gasteiger partial charge in [-0.05, 0) is 13.0 Å². The molecule has 4 nitrogen and oxygen atoms in total. The number of hydrogen-bond acceptors (Lipinski definition) is 4. The van der Waals surface area contributed by atoms with Crippen molar-refractivity contribution in [2.45, 2.75) is 12.8 Å². The molecule has 0 saturated carbocycles. The zero-order valence-corrected chi connectivity index (χ0v) is 10.6. The van der Waals surface area contributed by atoms with E-state index >= 15 is 0 Å². The Kier molecular flexibility index (Phi) is 4.53. The van der Waals surface area contributed by atoms with Crippen molar-refractivity contribution in [2.75, 3.05) is 21.2 Å². The van der Waals surface area contributed by atoms with E-state index in [0.717, 1.165) is 11.3 Å². The molecule has 0 bridgehead atoms. The Morgan fingerprint density at radius 1 is 1.41 bits per heavy atom. The molecule has 0 spiro atoms. The highest BCUT2D eigenvalue weighted by molar-refractivity contribution is 5.91. The summed E-state index contributed by atoms with van der Waals surface area (Å²) in [4.78, 5) is 0. The van der Waals surface area contributed by atoms with Gasteiger partial charge in [-0.1, -0.05) is 18.2 Å². The maximum atomic E-state index is 9.28. The Labute approximate surface area is 102 Å². The summed E-state index contributed by atoms with van der Waals surface area (Å²) in [7, 11) is 5.27. The van der Waals surface area contributed by atoms with Crippen molar-refractivity contribution < 1.29 is 4.74 Å². The molecule has 1 aromatic carbocycles. The van der Waals surface area contributed by atoms with Gasteiger partial charge in [0, 0.05) is 19.7 Å². The maximum absolute atomic E-state index is 9.28. The van der Waals surface area contributed by atoms with E-state index in [-0.39, 0.29) is 5.92 Å². The predicted octanol–water partition coefficient (Wildman–Crippen LogP) is 2.24. The van der Waals surface area contributed by atoms with Crippen LogP contribution in [0.25, 0.3) is 0 Å². The van der Waals surface area contributed by atoms with Crippen LogP contribution in [0.15, 0.2) is 29.4 Å². The topological polar surface area (TPSA) is 48.6 Å². The van der Waals surface area contributed by atoms with E-state index in [1.54, 1.807) is 12.1 Å². The van der Waals surface area contributed by atoms with Crippen LogP contribution in [0.3, 0.4) is 0 Å². The zero-order chi connectivity index (χ0) is 12.8. The highest BCUT2D eigenvalue weighted by atomic mass is 16.5. The third-order valence-electron chi connectivity index (χ3n) is 2.35. The second kappa shape index (κ2) is 5.90. The monoisotopic (exact) mass is 231 g/mol. The molecule has 1 aromatic rings. The van der Waals surface area contributed by atoms with Crippen molar-refractivity contribution in [3.05, 3.63) is 29.8 Å². The van der Waals surface area contributed by atoms with Crippen molar-refractivity contribution in [1.29, 1.82) is 5.26 Å². The lowest BCUT2D eigenvalue weighted by molar-refractivity contribution is 0.409. The first-order valence-corrected chi connectivity index (χ1v) is 5.35. The van der Waals surface area contributed by atoms with E-state index in [1.165, 1.54) is 0 Å². The SMILES string of the molecule is COc1ccccc1C(C#N)/C(C)=N/N(C)C. The molecule has 0 heterocycles. The Balaban J connectivity index is 3.15. The molecule has 0 fully saturated rings. The van der Waals surface area contributed by atoms with Crippen LogP contribution in [0.2, 0.25) is 0 Å². The molecule has 4 heteroatoms.